The SMILES string of the molecule is C=CC(CCCc1ccccc1C1CCCCC1)S(=O)(=O)O. The number of benzene rings is 1. The second kappa shape index (κ2) is 7.93. The lowest BCUT2D eigenvalue weighted by Gasteiger charge is -2.24. The Hall–Kier alpha value is -1.13. The first-order valence-electron chi connectivity index (χ1n) is 8.19. The van der Waals surface area contributed by atoms with Crippen LogP contribution in [-0.2, 0) is 16.5 Å². The molecule has 0 heterocycles. The average Bonchev–Trinajstić information content (AvgIpc) is 2.51. The Morgan fingerprint density at radius 3 is 2.55 bits per heavy atom. The van der Waals surface area contributed by atoms with Crippen molar-refractivity contribution in [2.24, 2.45) is 0 Å². The molecule has 4 heteroatoms. The molecule has 22 heavy (non-hydrogen) atoms. The fourth-order valence-corrected chi connectivity index (χ4v) is 4.16. The molecular formula is C18H26O3S. The molecule has 1 aliphatic carbocycles. The van der Waals surface area contributed by atoms with Gasteiger partial charge in [0.25, 0.3) is 10.1 Å². The van der Waals surface area contributed by atoms with E-state index in [1.807, 2.05) is 0 Å². The monoisotopic (exact) mass is 322 g/mol. The first-order valence-corrected chi connectivity index (χ1v) is 9.69. The molecule has 0 saturated heterocycles. The van der Waals surface area contributed by atoms with E-state index in [0.29, 0.717) is 12.3 Å². The molecule has 1 unspecified atom stereocenters. The number of hydrogen-bond acceptors (Lipinski definition) is 2. The Morgan fingerprint density at radius 2 is 1.91 bits per heavy atom. The third kappa shape index (κ3) is 4.68. The predicted molar refractivity (Wildman–Crippen MR) is 90.7 cm³/mol. The molecule has 3 nitrogen and oxygen atoms in total. The van der Waals surface area contributed by atoms with Crippen molar-refractivity contribution in [3.8, 4) is 0 Å². The van der Waals surface area contributed by atoms with Crippen molar-refractivity contribution in [1.82, 2.24) is 0 Å². The van der Waals surface area contributed by atoms with Crippen molar-refractivity contribution in [2.45, 2.75) is 62.5 Å². The Bertz CT molecular complexity index is 586. The fraction of sp³-hybridized carbons (Fsp3) is 0.556. The van der Waals surface area contributed by atoms with Crippen LogP contribution in [0.5, 0.6) is 0 Å². The van der Waals surface area contributed by atoms with Crippen LogP contribution >= 0.6 is 0 Å². The maximum Gasteiger partial charge on any atom is 0.271 e. The summed E-state index contributed by atoms with van der Waals surface area (Å²) in [6, 6.07) is 8.52. The van der Waals surface area contributed by atoms with Crippen LogP contribution in [0.1, 0.15) is 62.0 Å². The maximum absolute atomic E-state index is 11.2. The third-order valence-electron chi connectivity index (χ3n) is 4.68. The van der Waals surface area contributed by atoms with Gasteiger partial charge in [-0.15, -0.1) is 6.58 Å². The Balaban J connectivity index is 1.99. The quantitative estimate of drug-likeness (QED) is 0.594. The van der Waals surface area contributed by atoms with Gasteiger partial charge < -0.3 is 0 Å². The molecule has 1 aromatic carbocycles. The summed E-state index contributed by atoms with van der Waals surface area (Å²) in [6.07, 6.45) is 9.81. The topological polar surface area (TPSA) is 54.4 Å². The van der Waals surface area contributed by atoms with Gasteiger partial charge in [0.05, 0.1) is 0 Å². The van der Waals surface area contributed by atoms with E-state index < -0.39 is 15.4 Å². The van der Waals surface area contributed by atoms with Crippen LogP contribution in [0.15, 0.2) is 36.9 Å². The molecule has 1 fully saturated rings. The summed E-state index contributed by atoms with van der Waals surface area (Å²) < 4.78 is 31.5. The van der Waals surface area contributed by atoms with Crippen LogP contribution < -0.4 is 0 Å². The van der Waals surface area contributed by atoms with Crippen molar-refractivity contribution >= 4 is 10.1 Å². The van der Waals surface area contributed by atoms with Crippen molar-refractivity contribution in [3.63, 3.8) is 0 Å². The molecule has 0 radical (unpaired) electrons. The minimum Gasteiger partial charge on any atom is -0.285 e. The van der Waals surface area contributed by atoms with E-state index in [0.717, 1.165) is 12.8 Å². The summed E-state index contributed by atoms with van der Waals surface area (Å²) in [5, 5.41) is -0.852. The van der Waals surface area contributed by atoms with Crippen LogP contribution in [0, 0.1) is 0 Å². The molecule has 2 rings (SSSR count). The van der Waals surface area contributed by atoms with Crippen LogP contribution in [-0.4, -0.2) is 18.2 Å². The standard InChI is InChI=1S/C18H26O3S/c1-2-17(22(19,20)21)13-8-12-16-11-6-7-14-18(16)15-9-4-3-5-10-15/h2,6-7,11,14-15,17H,1,3-5,8-10,12-13H2,(H,19,20,21). The zero-order valence-corrected chi connectivity index (χ0v) is 13.9. The Kier molecular flexibility index (Phi) is 6.21. The lowest BCUT2D eigenvalue weighted by atomic mass is 9.81. The van der Waals surface area contributed by atoms with Gasteiger partial charge >= 0.3 is 0 Å². The average molecular weight is 322 g/mol. The molecular weight excluding hydrogens is 296 g/mol. The van der Waals surface area contributed by atoms with Crippen LogP contribution in [0.3, 0.4) is 0 Å². The smallest absolute Gasteiger partial charge is 0.271 e. The zero-order valence-electron chi connectivity index (χ0n) is 13.1. The molecule has 1 saturated carbocycles. The van der Waals surface area contributed by atoms with Gasteiger partial charge in [-0.1, -0.05) is 49.6 Å². The lowest BCUT2D eigenvalue weighted by molar-refractivity contribution is 0.441. The summed E-state index contributed by atoms with van der Waals surface area (Å²) in [5.74, 6) is 0.654. The molecule has 0 aromatic heterocycles. The summed E-state index contributed by atoms with van der Waals surface area (Å²) >= 11 is 0. The van der Waals surface area contributed by atoms with Crippen molar-refractivity contribution in [3.05, 3.63) is 48.0 Å². The molecule has 1 N–H and O–H groups in total. The van der Waals surface area contributed by atoms with E-state index in [1.165, 1.54) is 49.3 Å². The van der Waals surface area contributed by atoms with Crippen molar-refractivity contribution < 1.29 is 13.0 Å². The van der Waals surface area contributed by atoms with Gasteiger partial charge in [-0.3, -0.25) is 4.55 Å². The van der Waals surface area contributed by atoms with Crippen LogP contribution in [0.2, 0.25) is 0 Å². The van der Waals surface area contributed by atoms with Crippen molar-refractivity contribution in [2.75, 3.05) is 0 Å². The van der Waals surface area contributed by atoms with E-state index in [9.17, 15) is 8.42 Å². The van der Waals surface area contributed by atoms with Gasteiger partial charge in [0.15, 0.2) is 0 Å². The predicted octanol–water partition coefficient (Wildman–Crippen LogP) is 4.50. The largest absolute Gasteiger partial charge is 0.285 e. The Labute approximate surface area is 134 Å². The molecule has 0 amide bonds. The van der Waals surface area contributed by atoms with E-state index >= 15 is 0 Å². The third-order valence-corrected chi connectivity index (χ3v) is 5.87. The zero-order chi connectivity index (χ0) is 16.0. The normalized spacial score (nSPS) is 18.0. The van der Waals surface area contributed by atoms with E-state index in [2.05, 4.69) is 30.8 Å². The second-order valence-corrected chi connectivity index (χ2v) is 7.85. The highest BCUT2D eigenvalue weighted by Crippen LogP contribution is 2.34. The summed E-state index contributed by atoms with van der Waals surface area (Å²) in [7, 11) is -4.02. The highest BCUT2D eigenvalue weighted by molar-refractivity contribution is 7.86. The summed E-state index contributed by atoms with van der Waals surface area (Å²) in [4.78, 5) is 0. The lowest BCUT2D eigenvalue weighted by Crippen LogP contribution is -2.18. The van der Waals surface area contributed by atoms with Crippen molar-refractivity contribution in [1.29, 1.82) is 0 Å². The molecule has 1 aromatic rings. The van der Waals surface area contributed by atoms with Gasteiger partial charge in [-0.2, -0.15) is 8.42 Å². The van der Waals surface area contributed by atoms with E-state index in [-0.39, 0.29) is 0 Å². The molecule has 0 bridgehead atoms. The maximum atomic E-state index is 11.2. The molecule has 0 spiro atoms. The molecule has 1 atom stereocenters. The summed E-state index contributed by atoms with van der Waals surface area (Å²) in [5.41, 5.74) is 2.76. The highest BCUT2D eigenvalue weighted by atomic mass is 32.2. The highest BCUT2D eigenvalue weighted by Gasteiger charge is 2.20. The van der Waals surface area contributed by atoms with E-state index in [4.69, 9.17) is 4.55 Å². The summed E-state index contributed by atoms with van der Waals surface area (Å²) in [6.45, 7) is 3.50. The van der Waals surface area contributed by atoms with Gasteiger partial charge in [0.2, 0.25) is 0 Å². The molecule has 1 aliphatic rings. The molecule has 122 valence electrons. The van der Waals surface area contributed by atoms with Gasteiger partial charge in [-0.05, 0) is 49.1 Å². The number of aryl methyl sites for hydroxylation is 1. The first-order chi connectivity index (χ1) is 10.5. The number of rotatable bonds is 7. The molecule has 0 aliphatic heterocycles. The van der Waals surface area contributed by atoms with Crippen LogP contribution in [0.4, 0.5) is 0 Å². The van der Waals surface area contributed by atoms with Gasteiger partial charge in [0, 0.05) is 0 Å². The minimum atomic E-state index is -4.02. The number of hydrogen-bond donors (Lipinski definition) is 1. The first kappa shape index (κ1) is 17.2. The second-order valence-electron chi connectivity index (χ2n) is 6.22. The fourth-order valence-electron chi connectivity index (χ4n) is 3.46. The Morgan fingerprint density at radius 1 is 1.23 bits per heavy atom. The van der Waals surface area contributed by atoms with E-state index in [1.54, 1.807) is 0 Å². The van der Waals surface area contributed by atoms with Gasteiger partial charge in [0.1, 0.15) is 5.25 Å². The van der Waals surface area contributed by atoms with Crippen LogP contribution in [0.25, 0.3) is 0 Å². The minimum absolute atomic E-state index is 0.418. The van der Waals surface area contributed by atoms with Gasteiger partial charge in [-0.25, -0.2) is 0 Å².